The third-order valence-electron chi connectivity index (χ3n) is 2.79. The molecule has 0 bridgehead atoms. The Balaban J connectivity index is 2.65. The van der Waals surface area contributed by atoms with Crippen LogP contribution >= 0.6 is 11.6 Å². The second-order valence-electron chi connectivity index (χ2n) is 4.56. The van der Waals surface area contributed by atoms with Gasteiger partial charge in [0.25, 0.3) is 0 Å². The maximum absolute atomic E-state index is 12.9. The Morgan fingerprint density at radius 1 is 1.40 bits per heavy atom. The van der Waals surface area contributed by atoms with E-state index in [0.717, 1.165) is 12.1 Å². The highest BCUT2D eigenvalue weighted by atomic mass is 35.5. The van der Waals surface area contributed by atoms with Gasteiger partial charge < -0.3 is 4.42 Å². The third kappa shape index (κ3) is 2.95. The molecule has 20 heavy (non-hydrogen) atoms. The molecule has 0 saturated heterocycles. The van der Waals surface area contributed by atoms with Crippen LogP contribution in [0, 0.1) is 5.92 Å². The molecule has 0 fully saturated rings. The minimum absolute atomic E-state index is 0.0349. The van der Waals surface area contributed by atoms with Gasteiger partial charge in [0.2, 0.25) is 0 Å². The van der Waals surface area contributed by atoms with Crippen molar-refractivity contribution in [1.29, 1.82) is 0 Å². The van der Waals surface area contributed by atoms with Gasteiger partial charge in [-0.25, -0.2) is 9.78 Å². The summed E-state index contributed by atoms with van der Waals surface area (Å²) in [5.74, 6) is 0.208. The maximum atomic E-state index is 12.9. The Kier molecular flexibility index (Phi) is 4.04. The zero-order chi connectivity index (χ0) is 14.9. The highest BCUT2D eigenvalue weighted by molar-refractivity contribution is 6.18. The number of fused-ring (bicyclic) bond motifs is 1. The van der Waals surface area contributed by atoms with Gasteiger partial charge in [0.05, 0.1) is 16.5 Å². The Bertz CT molecular complexity index is 681. The van der Waals surface area contributed by atoms with Crippen molar-refractivity contribution in [2.45, 2.75) is 19.5 Å². The Morgan fingerprint density at radius 2 is 2.10 bits per heavy atom. The highest BCUT2D eigenvalue weighted by Gasteiger charge is 2.33. The van der Waals surface area contributed by atoms with Gasteiger partial charge in [0, 0.05) is 12.3 Å². The average molecular weight is 306 g/mol. The Hall–Kier alpha value is -1.56. The average Bonchev–Trinajstić information content (AvgIpc) is 2.36. The molecule has 1 atom stereocenters. The number of benzene rings is 1. The lowest BCUT2D eigenvalue weighted by Gasteiger charge is -2.10. The van der Waals surface area contributed by atoms with Crippen LogP contribution in [0.3, 0.4) is 0 Å². The van der Waals surface area contributed by atoms with E-state index in [-0.39, 0.29) is 29.1 Å². The standard InChI is InChI=1S/C13H11ClF3NO2/c1-7(6-14)5-10-18-11-8(12(19)20-10)3-2-4-9(11)13(15,16)17/h2-4,7H,5-6H2,1H3. The summed E-state index contributed by atoms with van der Waals surface area (Å²) in [4.78, 5) is 15.6. The van der Waals surface area contributed by atoms with E-state index in [2.05, 4.69) is 4.98 Å². The number of rotatable bonds is 3. The molecule has 1 heterocycles. The molecule has 1 aromatic heterocycles. The van der Waals surface area contributed by atoms with Gasteiger partial charge >= 0.3 is 11.8 Å². The van der Waals surface area contributed by atoms with E-state index in [1.807, 2.05) is 0 Å². The van der Waals surface area contributed by atoms with E-state index >= 15 is 0 Å². The minimum atomic E-state index is -4.57. The normalized spacial score (nSPS) is 13.7. The lowest BCUT2D eigenvalue weighted by molar-refractivity contribution is -0.136. The van der Waals surface area contributed by atoms with Crippen LogP contribution in [0.4, 0.5) is 13.2 Å². The molecule has 0 amide bonds. The van der Waals surface area contributed by atoms with E-state index in [1.54, 1.807) is 6.92 Å². The number of hydrogen-bond donors (Lipinski definition) is 0. The van der Waals surface area contributed by atoms with E-state index in [4.69, 9.17) is 16.0 Å². The lowest BCUT2D eigenvalue weighted by Crippen LogP contribution is -2.13. The second-order valence-corrected chi connectivity index (χ2v) is 4.87. The fourth-order valence-electron chi connectivity index (χ4n) is 1.81. The second kappa shape index (κ2) is 5.44. The van der Waals surface area contributed by atoms with Crippen molar-refractivity contribution in [3.8, 4) is 0 Å². The van der Waals surface area contributed by atoms with Crippen LogP contribution < -0.4 is 5.63 Å². The van der Waals surface area contributed by atoms with Crippen LogP contribution in [0.1, 0.15) is 18.4 Å². The summed E-state index contributed by atoms with van der Waals surface area (Å²) in [6.07, 6.45) is -4.36. The fourth-order valence-corrected chi connectivity index (χ4v) is 1.92. The molecule has 0 N–H and O–H groups in total. The summed E-state index contributed by atoms with van der Waals surface area (Å²) in [5, 5.41) is -0.179. The number of alkyl halides is 4. The van der Waals surface area contributed by atoms with Crippen molar-refractivity contribution in [2.24, 2.45) is 5.92 Å². The minimum Gasteiger partial charge on any atom is -0.408 e. The largest absolute Gasteiger partial charge is 0.418 e. The molecule has 0 spiro atoms. The lowest BCUT2D eigenvalue weighted by atomic mass is 10.1. The van der Waals surface area contributed by atoms with Crippen molar-refractivity contribution in [3.05, 3.63) is 40.1 Å². The van der Waals surface area contributed by atoms with Crippen molar-refractivity contribution in [1.82, 2.24) is 4.98 Å². The number of nitrogens with zero attached hydrogens (tertiary/aromatic N) is 1. The van der Waals surface area contributed by atoms with Crippen LogP contribution in [-0.2, 0) is 12.6 Å². The molecule has 7 heteroatoms. The van der Waals surface area contributed by atoms with Crippen molar-refractivity contribution in [2.75, 3.05) is 5.88 Å². The summed E-state index contributed by atoms with van der Waals surface area (Å²) in [5.41, 5.74) is -2.14. The third-order valence-corrected chi connectivity index (χ3v) is 3.32. The molecule has 2 aromatic rings. The molecule has 0 aliphatic rings. The van der Waals surface area contributed by atoms with Crippen molar-refractivity contribution >= 4 is 22.5 Å². The predicted octanol–water partition coefficient (Wildman–Crippen LogP) is 3.62. The summed E-state index contributed by atoms with van der Waals surface area (Å²) in [7, 11) is 0. The van der Waals surface area contributed by atoms with Crippen LogP contribution in [0.25, 0.3) is 10.9 Å². The topological polar surface area (TPSA) is 43.1 Å². The smallest absolute Gasteiger partial charge is 0.408 e. The summed E-state index contributed by atoms with van der Waals surface area (Å²) >= 11 is 5.64. The van der Waals surface area contributed by atoms with E-state index in [0.29, 0.717) is 5.88 Å². The molecule has 2 rings (SSSR count). The maximum Gasteiger partial charge on any atom is 0.418 e. The van der Waals surface area contributed by atoms with Crippen LogP contribution in [-0.4, -0.2) is 10.9 Å². The first-order chi connectivity index (χ1) is 9.32. The van der Waals surface area contributed by atoms with Crippen molar-refractivity contribution in [3.63, 3.8) is 0 Å². The number of hydrogen-bond acceptors (Lipinski definition) is 3. The van der Waals surface area contributed by atoms with E-state index in [1.165, 1.54) is 6.07 Å². The molecule has 1 unspecified atom stereocenters. The highest BCUT2D eigenvalue weighted by Crippen LogP contribution is 2.33. The molecule has 0 saturated carbocycles. The van der Waals surface area contributed by atoms with Crippen LogP contribution in [0.15, 0.2) is 27.4 Å². The molecule has 0 aliphatic carbocycles. The van der Waals surface area contributed by atoms with Crippen LogP contribution in [0.2, 0.25) is 0 Å². The summed E-state index contributed by atoms with van der Waals surface area (Å²) < 4.78 is 43.7. The van der Waals surface area contributed by atoms with Gasteiger partial charge in [0.15, 0.2) is 5.89 Å². The quantitative estimate of drug-likeness (QED) is 0.813. The van der Waals surface area contributed by atoms with Crippen LogP contribution in [0.5, 0.6) is 0 Å². The van der Waals surface area contributed by atoms with Gasteiger partial charge in [-0.2, -0.15) is 13.2 Å². The van der Waals surface area contributed by atoms with E-state index < -0.39 is 17.4 Å². The molecule has 3 nitrogen and oxygen atoms in total. The van der Waals surface area contributed by atoms with Gasteiger partial charge in [-0.1, -0.05) is 13.0 Å². The first kappa shape index (κ1) is 14.8. The summed E-state index contributed by atoms with van der Waals surface area (Å²) in [6, 6.07) is 3.31. The van der Waals surface area contributed by atoms with Crippen molar-refractivity contribution < 1.29 is 17.6 Å². The molecular weight excluding hydrogens is 295 g/mol. The van der Waals surface area contributed by atoms with Gasteiger partial charge in [-0.3, -0.25) is 0 Å². The Labute approximate surface area is 117 Å². The fraction of sp³-hybridized carbons (Fsp3) is 0.385. The zero-order valence-electron chi connectivity index (χ0n) is 10.5. The predicted molar refractivity (Wildman–Crippen MR) is 68.9 cm³/mol. The number of para-hydroxylation sites is 1. The molecule has 1 aromatic carbocycles. The van der Waals surface area contributed by atoms with Gasteiger partial charge in [-0.15, -0.1) is 11.6 Å². The molecule has 108 valence electrons. The molecule has 0 radical (unpaired) electrons. The first-order valence-corrected chi connectivity index (χ1v) is 6.42. The molecular formula is C13H11ClF3NO2. The first-order valence-electron chi connectivity index (χ1n) is 5.89. The SMILES string of the molecule is CC(CCl)Cc1nc2c(C(F)(F)F)cccc2c(=O)o1. The number of aromatic nitrogens is 1. The van der Waals surface area contributed by atoms with Gasteiger partial charge in [-0.05, 0) is 18.1 Å². The van der Waals surface area contributed by atoms with E-state index in [9.17, 15) is 18.0 Å². The Morgan fingerprint density at radius 3 is 2.70 bits per heavy atom. The number of halogens is 4. The van der Waals surface area contributed by atoms with Gasteiger partial charge in [0.1, 0.15) is 0 Å². The zero-order valence-corrected chi connectivity index (χ0v) is 11.3. The summed E-state index contributed by atoms with van der Waals surface area (Å²) in [6.45, 7) is 1.79. The molecule has 0 aliphatic heterocycles. The monoisotopic (exact) mass is 305 g/mol.